The first-order chi connectivity index (χ1) is 13.1. The maximum absolute atomic E-state index is 10.2. The van der Waals surface area contributed by atoms with Gasteiger partial charge in [0.15, 0.2) is 0 Å². The molecule has 2 atom stereocenters. The van der Waals surface area contributed by atoms with Gasteiger partial charge < -0.3 is 21.1 Å². The second-order valence-electron chi connectivity index (χ2n) is 6.48. The summed E-state index contributed by atoms with van der Waals surface area (Å²) in [6, 6.07) is 20.3. The number of hydrogen-bond acceptors (Lipinski definition) is 5. The van der Waals surface area contributed by atoms with E-state index in [0.29, 0.717) is 6.04 Å². The second-order valence-corrected chi connectivity index (χ2v) is 6.79. The van der Waals surface area contributed by atoms with Gasteiger partial charge in [-0.1, -0.05) is 60.7 Å². The number of halogens is 1. The molecule has 0 aliphatic carbocycles. The molecule has 0 amide bonds. The number of piperidine rings is 1. The van der Waals surface area contributed by atoms with Gasteiger partial charge >= 0.3 is 5.43 Å². The first-order valence-electron chi connectivity index (χ1n) is 9.26. The van der Waals surface area contributed by atoms with Crippen molar-refractivity contribution in [1.82, 2.24) is 10.6 Å². The minimum atomic E-state index is -0.770. The van der Waals surface area contributed by atoms with Gasteiger partial charge in [0.25, 0.3) is 0 Å². The number of benzene rings is 2. The molecule has 4 N–H and O–H groups in total. The zero-order valence-electron chi connectivity index (χ0n) is 15.4. The van der Waals surface area contributed by atoms with Crippen LogP contribution in [0.15, 0.2) is 60.7 Å². The summed E-state index contributed by atoms with van der Waals surface area (Å²) in [5, 5.41) is 6.93. The zero-order chi connectivity index (χ0) is 19.3. The van der Waals surface area contributed by atoms with Crippen molar-refractivity contribution in [3.63, 3.8) is 0 Å². The van der Waals surface area contributed by atoms with E-state index in [1.54, 1.807) is 0 Å². The van der Waals surface area contributed by atoms with E-state index in [1.165, 1.54) is 18.4 Å². The minimum absolute atomic E-state index is 0.100. The molecule has 2 aromatic carbocycles. The lowest BCUT2D eigenvalue weighted by Crippen LogP contribution is -2.45. The first-order valence-corrected chi connectivity index (χ1v) is 9.63. The molecule has 2 aromatic rings. The van der Waals surface area contributed by atoms with E-state index in [2.05, 4.69) is 27.5 Å². The molecule has 5 nitrogen and oxygen atoms in total. The van der Waals surface area contributed by atoms with Gasteiger partial charge in [0.05, 0.1) is 0 Å². The molecule has 1 aliphatic heterocycles. The third-order valence-corrected chi connectivity index (χ3v) is 4.46. The molecule has 6 heteroatoms. The van der Waals surface area contributed by atoms with E-state index >= 15 is 0 Å². The van der Waals surface area contributed by atoms with E-state index in [4.69, 9.17) is 17.3 Å². The number of carbonyl (C=O) groups excluding carboxylic acids is 1. The van der Waals surface area contributed by atoms with Crippen LogP contribution in [0.1, 0.15) is 30.0 Å². The van der Waals surface area contributed by atoms with Gasteiger partial charge in [-0.2, -0.15) is 0 Å². The highest BCUT2D eigenvalue weighted by Crippen LogP contribution is 2.09. The largest absolute Gasteiger partial charge is 0.449 e. The summed E-state index contributed by atoms with van der Waals surface area (Å²) in [7, 11) is 0. The van der Waals surface area contributed by atoms with Crippen LogP contribution in [0, 0.1) is 0 Å². The van der Waals surface area contributed by atoms with E-state index in [1.807, 2.05) is 48.5 Å². The molecule has 1 saturated heterocycles. The Morgan fingerprint density at radius 3 is 2.44 bits per heavy atom. The topological polar surface area (TPSA) is 76.4 Å². The van der Waals surface area contributed by atoms with E-state index in [0.717, 1.165) is 25.2 Å². The van der Waals surface area contributed by atoms with Crippen molar-refractivity contribution in [3.05, 3.63) is 71.8 Å². The monoisotopic (exact) mass is 389 g/mol. The smallest absolute Gasteiger partial charge is 0.404 e. The number of nitrogens with one attached hydrogen (secondary N) is 2. The van der Waals surface area contributed by atoms with Gasteiger partial charge in [-0.05, 0) is 30.5 Å². The second kappa shape index (κ2) is 12.5. The quantitative estimate of drug-likeness (QED) is 0.658. The van der Waals surface area contributed by atoms with Crippen molar-refractivity contribution in [2.24, 2.45) is 5.73 Å². The molecular weight excluding hydrogens is 362 g/mol. The van der Waals surface area contributed by atoms with Gasteiger partial charge in [0, 0.05) is 36.8 Å². The standard InChI is InChI=1S/C13H21N3.C8H7ClO2/c14-13(11-5-2-1-3-6-11)10-16-12-7-4-8-15-9-12;9-8(10)11-6-7-4-2-1-3-5-7/h1-3,5-6,12-13,15-16H,4,7-10,14H2;1-5H,6H2/t12-,13?;/m0./s1. The molecular formula is C21H28ClN3O2. The van der Waals surface area contributed by atoms with Crippen LogP contribution in [0.25, 0.3) is 0 Å². The van der Waals surface area contributed by atoms with Crippen LogP contribution in [-0.2, 0) is 11.3 Å². The third-order valence-electron chi connectivity index (χ3n) is 4.35. The van der Waals surface area contributed by atoms with Crippen LogP contribution in [0.5, 0.6) is 0 Å². The summed E-state index contributed by atoms with van der Waals surface area (Å²) in [5.74, 6) is 0. The first kappa shape index (κ1) is 21.4. The molecule has 0 saturated carbocycles. The molecule has 1 heterocycles. The number of hydrogen-bond donors (Lipinski definition) is 3. The fourth-order valence-electron chi connectivity index (χ4n) is 2.85. The normalized spacial score (nSPS) is 17.3. The number of ether oxygens (including phenoxy) is 1. The summed E-state index contributed by atoms with van der Waals surface area (Å²) in [4.78, 5) is 10.2. The molecule has 0 spiro atoms. The average Bonchev–Trinajstić information content (AvgIpc) is 2.73. The van der Waals surface area contributed by atoms with Crippen molar-refractivity contribution in [2.45, 2.75) is 31.5 Å². The van der Waals surface area contributed by atoms with E-state index in [9.17, 15) is 4.79 Å². The lowest BCUT2D eigenvalue weighted by Gasteiger charge is -2.25. The van der Waals surface area contributed by atoms with Gasteiger partial charge in [-0.25, -0.2) is 4.79 Å². The Morgan fingerprint density at radius 1 is 1.19 bits per heavy atom. The number of nitrogens with two attached hydrogens (primary N) is 1. The summed E-state index contributed by atoms with van der Waals surface area (Å²) in [6.45, 7) is 3.32. The highest BCUT2D eigenvalue weighted by molar-refractivity contribution is 6.61. The number of carbonyl (C=O) groups is 1. The van der Waals surface area contributed by atoms with E-state index in [-0.39, 0.29) is 12.6 Å². The molecule has 0 aromatic heterocycles. The van der Waals surface area contributed by atoms with Gasteiger partial charge in [0.2, 0.25) is 0 Å². The lowest BCUT2D eigenvalue weighted by atomic mass is 10.1. The average molecular weight is 390 g/mol. The molecule has 1 unspecified atom stereocenters. The fraction of sp³-hybridized carbons (Fsp3) is 0.381. The maximum Gasteiger partial charge on any atom is 0.404 e. The Labute approximate surface area is 166 Å². The molecule has 146 valence electrons. The van der Waals surface area contributed by atoms with Crippen molar-refractivity contribution < 1.29 is 9.53 Å². The Bertz CT molecular complexity index is 649. The maximum atomic E-state index is 10.2. The predicted molar refractivity (Wildman–Crippen MR) is 110 cm³/mol. The Hall–Kier alpha value is -1.92. The van der Waals surface area contributed by atoms with Crippen LogP contribution < -0.4 is 16.4 Å². The van der Waals surface area contributed by atoms with Gasteiger partial charge in [0.1, 0.15) is 6.61 Å². The van der Waals surface area contributed by atoms with Crippen molar-refractivity contribution in [2.75, 3.05) is 19.6 Å². The van der Waals surface area contributed by atoms with Crippen LogP contribution in [0.3, 0.4) is 0 Å². The van der Waals surface area contributed by atoms with Gasteiger partial charge in [-0.3, -0.25) is 0 Å². The summed E-state index contributed by atoms with van der Waals surface area (Å²) < 4.78 is 4.55. The molecule has 1 fully saturated rings. The Kier molecular flexibility index (Phi) is 9.87. The molecule has 1 aliphatic rings. The van der Waals surface area contributed by atoms with Crippen LogP contribution in [0.2, 0.25) is 0 Å². The summed E-state index contributed by atoms with van der Waals surface area (Å²) in [6.07, 6.45) is 2.52. The van der Waals surface area contributed by atoms with Crippen molar-refractivity contribution in [1.29, 1.82) is 0 Å². The predicted octanol–water partition coefficient (Wildman–Crippen LogP) is 3.59. The minimum Gasteiger partial charge on any atom is -0.449 e. The van der Waals surface area contributed by atoms with E-state index < -0.39 is 5.43 Å². The Morgan fingerprint density at radius 2 is 1.85 bits per heavy atom. The third kappa shape index (κ3) is 9.02. The van der Waals surface area contributed by atoms with Crippen LogP contribution >= 0.6 is 11.6 Å². The van der Waals surface area contributed by atoms with Gasteiger partial charge in [-0.15, -0.1) is 0 Å². The SMILES string of the molecule is NC(CN[C@H]1CCCNC1)c1ccccc1.O=C(Cl)OCc1ccccc1. The fourth-order valence-corrected chi connectivity index (χ4v) is 2.91. The Balaban J connectivity index is 0.000000208. The lowest BCUT2D eigenvalue weighted by molar-refractivity contribution is 0.167. The zero-order valence-corrected chi connectivity index (χ0v) is 16.2. The van der Waals surface area contributed by atoms with Crippen LogP contribution in [-0.4, -0.2) is 31.1 Å². The van der Waals surface area contributed by atoms with Crippen molar-refractivity contribution >= 4 is 17.0 Å². The van der Waals surface area contributed by atoms with Crippen LogP contribution in [0.4, 0.5) is 4.79 Å². The molecule has 0 radical (unpaired) electrons. The molecule has 0 bridgehead atoms. The van der Waals surface area contributed by atoms with Crippen molar-refractivity contribution in [3.8, 4) is 0 Å². The summed E-state index contributed by atoms with van der Waals surface area (Å²) >= 11 is 4.97. The number of rotatable bonds is 6. The summed E-state index contributed by atoms with van der Waals surface area (Å²) in [5.41, 5.74) is 7.50. The molecule has 27 heavy (non-hydrogen) atoms. The molecule has 3 rings (SSSR count). The highest BCUT2D eigenvalue weighted by atomic mass is 35.5. The highest BCUT2D eigenvalue weighted by Gasteiger charge is 2.13.